The van der Waals surface area contributed by atoms with Crippen LogP contribution in [-0.2, 0) is 17.6 Å². The van der Waals surface area contributed by atoms with Gasteiger partial charge in [-0.15, -0.1) is 0 Å². The van der Waals surface area contributed by atoms with Gasteiger partial charge in [-0.3, -0.25) is 4.79 Å². The molecule has 0 unspecified atom stereocenters. The fourth-order valence-corrected chi connectivity index (χ4v) is 1.99. The predicted molar refractivity (Wildman–Crippen MR) is 54.7 cm³/mol. The molecule has 0 radical (unpaired) electrons. The normalized spacial score (nSPS) is 24.6. The molecule has 4 nitrogen and oxygen atoms in total. The third-order valence-corrected chi connectivity index (χ3v) is 2.96. The van der Waals surface area contributed by atoms with Crippen LogP contribution in [0.25, 0.3) is 0 Å². The highest BCUT2D eigenvalue weighted by atomic mass is 16.4. The molecule has 1 aromatic rings. The Balaban J connectivity index is 2.35. The van der Waals surface area contributed by atoms with E-state index in [1.54, 1.807) is 18.2 Å². The van der Waals surface area contributed by atoms with Crippen LogP contribution in [0, 0.1) is 0 Å². The van der Waals surface area contributed by atoms with E-state index in [0.717, 1.165) is 11.1 Å². The summed E-state index contributed by atoms with van der Waals surface area (Å²) in [5.41, 5.74) is 6.56. The number of benzene rings is 1. The van der Waals surface area contributed by atoms with Gasteiger partial charge in [0, 0.05) is 6.42 Å². The zero-order chi connectivity index (χ0) is 11.1. The number of fused-ring (bicyclic) bond motifs is 1. The summed E-state index contributed by atoms with van der Waals surface area (Å²) in [6, 6.07) is 4.98. The number of aryl methyl sites for hydroxylation is 1. The van der Waals surface area contributed by atoms with E-state index in [0.29, 0.717) is 19.3 Å². The van der Waals surface area contributed by atoms with Gasteiger partial charge in [-0.1, -0.05) is 6.07 Å². The lowest BCUT2D eigenvalue weighted by molar-refractivity contribution is -0.143. The van der Waals surface area contributed by atoms with E-state index in [9.17, 15) is 9.90 Å². The van der Waals surface area contributed by atoms with Crippen LogP contribution in [0.4, 0.5) is 0 Å². The molecular weight excluding hydrogens is 194 g/mol. The van der Waals surface area contributed by atoms with Gasteiger partial charge in [0.2, 0.25) is 0 Å². The van der Waals surface area contributed by atoms with Crippen LogP contribution in [0.2, 0.25) is 0 Å². The van der Waals surface area contributed by atoms with Crippen LogP contribution in [0.15, 0.2) is 18.2 Å². The molecule has 0 amide bonds. The van der Waals surface area contributed by atoms with E-state index in [-0.39, 0.29) is 5.75 Å². The van der Waals surface area contributed by atoms with Crippen molar-refractivity contribution < 1.29 is 15.0 Å². The number of hydrogen-bond donors (Lipinski definition) is 3. The highest BCUT2D eigenvalue weighted by Crippen LogP contribution is 2.29. The third kappa shape index (κ3) is 1.68. The van der Waals surface area contributed by atoms with Crippen molar-refractivity contribution in [1.29, 1.82) is 0 Å². The topological polar surface area (TPSA) is 83.6 Å². The Hall–Kier alpha value is -1.55. The molecule has 0 bridgehead atoms. The van der Waals surface area contributed by atoms with Gasteiger partial charge >= 0.3 is 5.97 Å². The Morgan fingerprint density at radius 3 is 2.80 bits per heavy atom. The van der Waals surface area contributed by atoms with Crippen LogP contribution in [0.3, 0.4) is 0 Å². The van der Waals surface area contributed by atoms with Gasteiger partial charge in [0.05, 0.1) is 0 Å². The number of carboxylic acid groups (broad SMARTS) is 1. The Kier molecular flexibility index (Phi) is 2.16. The minimum absolute atomic E-state index is 0.216. The van der Waals surface area contributed by atoms with E-state index >= 15 is 0 Å². The van der Waals surface area contributed by atoms with E-state index in [4.69, 9.17) is 10.8 Å². The number of carboxylic acids is 1. The van der Waals surface area contributed by atoms with E-state index in [1.165, 1.54) is 0 Å². The molecule has 1 aliphatic rings. The summed E-state index contributed by atoms with van der Waals surface area (Å²) in [6.07, 6.45) is 1.35. The minimum atomic E-state index is -1.15. The fourth-order valence-electron chi connectivity index (χ4n) is 1.99. The number of aromatic hydroxyl groups is 1. The summed E-state index contributed by atoms with van der Waals surface area (Å²) in [4.78, 5) is 11.0. The summed E-state index contributed by atoms with van der Waals surface area (Å²) < 4.78 is 0. The first-order valence-electron chi connectivity index (χ1n) is 4.84. The van der Waals surface area contributed by atoms with Crippen molar-refractivity contribution in [2.24, 2.45) is 5.73 Å². The smallest absolute Gasteiger partial charge is 0.324 e. The number of aliphatic carboxylic acids is 1. The minimum Gasteiger partial charge on any atom is -0.508 e. The molecule has 4 heteroatoms. The highest BCUT2D eigenvalue weighted by molar-refractivity contribution is 5.79. The van der Waals surface area contributed by atoms with Gasteiger partial charge in [-0.2, -0.15) is 0 Å². The Morgan fingerprint density at radius 1 is 1.40 bits per heavy atom. The van der Waals surface area contributed by atoms with E-state index < -0.39 is 11.5 Å². The molecule has 0 saturated carbocycles. The average molecular weight is 207 g/mol. The maximum absolute atomic E-state index is 11.0. The highest BCUT2D eigenvalue weighted by Gasteiger charge is 2.37. The molecule has 1 aliphatic carbocycles. The number of carbonyl (C=O) groups is 1. The second-order valence-corrected chi connectivity index (χ2v) is 4.09. The summed E-state index contributed by atoms with van der Waals surface area (Å²) in [7, 11) is 0. The average Bonchev–Trinajstić information content (AvgIpc) is 2.18. The fraction of sp³-hybridized carbons (Fsp3) is 0.364. The molecule has 0 heterocycles. The van der Waals surface area contributed by atoms with E-state index in [2.05, 4.69) is 0 Å². The van der Waals surface area contributed by atoms with Gasteiger partial charge in [0.15, 0.2) is 0 Å². The number of hydrogen-bond acceptors (Lipinski definition) is 3. The molecule has 15 heavy (non-hydrogen) atoms. The van der Waals surface area contributed by atoms with E-state index in [1.807, 2.05) is 0 Å². The lowest BCUT2D eigenvalue weighted by Gasteiger charge is -2.30. The zero-order valence-corrected chi connectivity index (χ0v) is 8.23. The van der Waals surface area contributed by atoms with Crippen molar-refractivity contribution in [2.75, 3.05) is 0 Å². The van der Waals surface area contributed by atoms with Crippen molar-refractivity contribution in [3.63, 3.8) is 0 Å². The van der Waals surface area contributed by atoms with Crippen molar-refractivity contribution in [1.82, 2.24) is 0 Å². The first kappa shape index (κ1) is 9.98. The number of phenolic OH excluding ortho intramolecular Hbond substituents is 1. The standard InChI is InChI=1S/C11H13NO3/c12-11(10(14)15)4-3-7-5-9(13)2-1-8(7)6-11/h1-2,5,13H,3-4,6,12H2,(H,14,15)/t11-/m0/s1. The van der Waals surface area contributed by atoms with Gasteiger partial charge in [-0.05, 0) is 36.1 Å². The van der Waals surface area contributed by atoms with Gasteiger partial charge in [0.1, 0.15) is 11.3 Å². The molecule has 1 aromatic carbocycles. The van der Waals surface area contributed by atoms with Gasteiger partial charge in [-0.25, -0.2) is 0 Å². The van der Waals surface area contributed by atoms with Crippen LogP contribution >= 0.6 is 0 Å². The molecule has 4 N–H and O–H groups in total. The number of phenols is 1. The summed E-state index contributed by atoms with van der Waals surface area (Å²) >= 11 is 0. The molecule has 0 aromatic heterocycles. The van der Waals surface area contributed by atoms with Crippen LogP contribution < -0.4 is 5.73 Å². The first-order chi connectivity index (χ1) is 7.01. The van der Waals surface area contributed by atoms with Crippen LogP contribution in [0.1, 0.15) is 17.5 Å². The van der Waals surface area contributed by atoms with Crippen molar-refractivity contribution in [3.8, 4) is 5.75 Å². The lowest BCUT2D eigenvalue weighted by Crippen LogP contribution is -2.52. The largest absolute Gasteiger partial charge is 0.508 e. The number of nitrogens with two attached hydrogens (primary N) is 1. The Labute approximate surface area is 87.3 Å². The quantitative estimate of drug-likeness (QED) is 0.631. The van der Waals surface area contributed by atoms with Crippen molar-refractivity contribution in [2.45, 2.75) is 24.8 Å². The van der Waals surface area contributed by atoms with Gasteiger partial charge < -0.3 is 15.9 Å². The zero-order valence-electron chi connectivity index (χ0n) is 8.23. The van der Waals surface area contributed by atoms with Gasteiger partial charge in [0.25, 0.3) is 0 Å². The first-order valence-corrected chi connectivity index (χ1v) is 4.84. The van der Waals surface area contributed by atoms with Crippen molar-refractivity contribution in [3.05, 3.63) is 29.3 Å². The molecule has 0 fully saturated rings. The maximum atomic E-state index is 11.0. The van der Waals surface area contributed by atoms with Crippen molar-refractivity contribution >= 4 is 5.97 Å². The molecule has 0 aliphatic heterocycles. The number of rotatable bonds is 1. The maximum Gasteiger partial charge on any atom is 0.324 e. The molecule has 0 spiro atoms. The van der Waals surface area contributed by atoms with Crippen LogP contribution in [-0.4, -0.2) is 21.7 Å². The Bertz CT molecular complexity index is 416. The monoisotopic (exact) mass is 207 g/mol. The molecular formula is C11H13NO3. The summed E-state index contributed by atoms with van der Waals surface area (Å²) in [5, 5.41) is 18.3. The Morgan fingerprint density at radius 2 is 2.13 bits per heavy atom. The molecule has 80 valence electrons. The SMILES string of the molecule is N[C@@]1(C(=O)O)CCc2cc(O)ccc2C1. The molecule has 2 rings (SSSR count). The lowest BCUT2D eigenvalue weighted by atomic mass is 9.78. The second kappa shape index (κ2) is 3.24. The summed E-state index contributed by atoms with van der Waals surface area (Å²) in [6.45, 7) is 0. The second-order valence-electron chi connectivity index (χ2n) is 4.09. The predicted octanol–water partition coefficient (Wildman–Crippen LogP) is 0.663. The van der Waals surface area contributed by atoms with Crippen LogP contribution in [0.5, 0.6) is 5.75 Å². The molecule has 0 saturated heterocycles. The third-order valence-electron chi connectivity index (χ3n) is 2.96. The summed E-state index contributed by atoms with van der Waals surface area (Å²) in [5.74, 6) is -0.741. The molecule has 1 atom stereocenters.